The van der Waals surface area contributed by atoms with E-state index < -0.39 is 0 Å². The lowest BCUT2D eigenvalue weighted by Crippen LogP contribution is -2.50. The monoisotopic (exact) mass is 532 g/mol. The molecule has 3 amide bonds. The molecule has 2 aromatic rings. The van der Waals surface area contributed by atoms with E-state index in [9.17, 15) is 14.4 Å². The Kier molecular flexibility index (Phi) is 6.63. The van der Waals surface area contributed by atoms with Gasteiger partial charge in [-0.1, -0.05) is 12.1 Å². The standard InChI is InChI=1S/C30H40N6O3/c1-21-6-4-8-24(22(21)2)33-14-16-34(17-15-33)27(38)19-36-25-9-5-7-23(25)28(31-36)29(39)35-12-10-30(11-13-35)18-26(37)32(3)20-30/h4,6,8H,5,7,9-20H2,1-3H3. The van der Waals surface area contributed by atoms with E-state index in [1.54, 1.807) is 0 Å². The Morgan fingerprint density at radius 2 is 1.72 bits per heavy atom. The summed E-state index contributed by atoms with van der Waals surface area (Å²) in [4.78, 5) is 47.1. The second kappa shape index (κ2) is 9.99. The van der Waals surface area contributed by atoms with Crippen molar-refractivity contribution in [1.29, 1.82) is 0 Å². The van der Waals surface area contributed by atoms with Crippen molar-refractivity contribution in [1.82, 2.24) is 24.5 Å². The minimum Gasteiger partial charge on any atom is -0.368 e. The van der Waals surface area contributed by atoms with Crippen LogP contribution in [-0.2, 0) is 29.0 Å². The van der Waals surface area contributed by atoms with E-state index in [2.05, 4.69) is 36.9 Å². The molecule has 9 nitrogen and oxygen atoms in total. The molecule has 3 saturated heterocycles. The molecule has 1 aromatic heterocycles. The van der Waals surface area contributed by atoms with Crippen LogP contribution in [0.3, 0.4) is 0 Å². The largest absolute Gasteiger partial charge is 0.368 e. The second-order valence-electron chi connectivity index (χ2n) is 12.1. The maximum absolute atomic E-state index is 13.6. The zero-order chi connectivity index (χ0) is 27.3. The van der Waals surface area contributed by atoms with Gasteiger partial charge in [0.25, 0.3) is 5.91 Å². The fraction of sp³-hybridized carbons (Fsp3) is 0.600. The van der Waals surface area contributed by atoms with Gasteiger partial charge in [-0.2, -0.15) is 5.10 Å². The normalized spacial score (nSPS) is 20.7. The van der Waals surface area contributed by atoms with E-state index in [-0.39, 0.29) is 29.7 Å². The van der Waals surface area contributed by atoms with E-state index >= 15 is 0 Å². The summed E-state index contributed by atoms with van der Waals surface area (Å²) >= 11 is 0. The third-order valence-electron chi connectivity index (χ3n) is 9.68. The van der Waals surface area contributed by atoms with Crippen LogP contribution in [0.2, 0.25) is 0 Å². The van der Waals surface area contributed by atoms with Gasteiger partial charge in [0, 0.05) is 81.6 Å². The Balaban J connectivity index is 1.09. The number of carbonyl (C=O) groups is 3. The molecule has 0 N–H and O–H groups in total. The van der Waals surface area contributed by atoms with Gasteiger partial charge in [0.2, 0.25) is 11.8 Å². The fourth-order valence-electron chi connectivity index (χ4n) is 7.09. The summed E-state index contributed by atoms with van der Waals surface area (Å²) in [6.07, 6.45) is 5.00. The summed E-state index contributed by atoms with van der Waals surface area (Å²) in [5.74, 6) is 0.262. The first-order valence-corrected chi connectivity index (χ1v) is 14.5. The van der Waals surface area contributed by atoms with E-state index in [4.69, 9.17) is 5.10 Å². The van der Waals surface area contributed by atoms with Crippen molar-refractivity contribution >= 4 is 23.4 Å². The number of carbonyl (C=O) groups excluding carboxylic acids is 3. The van der Waals surface area contributed by atoms with Gasteiger partial charge >= 0.3 is 0 Å². The summed E-state index contributed by atoms with van der Waals surface area (Å²) in [6, 6.07) is 6.40. The number of aryl methyl sites for hydroxylation is 1. The summed E-state index contributed by atoms with van der Waals surface area (Å²) in [7, 11) is 1.87. The second-order valence-corrected chi connectivity index (χ2v) is 12.1. The molecular formula is C30H40N6O3. The number of hydrogen-bond donors (Lipinski definition) is 0. The minimum atomic E-state index is -0.0194. The van der Waals surface area contributed by atoms with Crippen LogP contribution in [0, 0.1) is 19.3 Å². The molecular weight excluding hydrogens is 492 g/mol. The number of piperazine rings is 1. The number of likely N-dealkylation sites (tertiary alicyclic amines) is 2. The van der Waals surface area contributed by atoms with Crippen molar-refractivity contribution in [3.05, 3.63) is 46.3 Å². The number of rotatable bonds is 4. The number of nitrogens with zero attached hydrogens (tertiary/aromatic N) is 6. The highest BCUT2D eigenvalue weighted by Gasteiger charge is 2.44. The molecule has 3 aliphatic heterocycles. The molecule has 1 aromatic carbocycles. The number of anilines is 1. The Bertz CT molecular complexity index is 1300. The van der Waals surface area contributed by atoms with Crippen LogP contribution in [0.15, 0.2) is 18.2 Å². The zero-order valence-corrected chi connectivity index (χ0v) is 23.5. The van der Waals surface area contributed by atoms with Crippen molar-refractivity contribution in [3.63, 3.8) is 0 Å². The summed E-state index contributed by atoms with van der Waals surface area (Å²) in [5, 5.41) is 4.74. The van der Waals surface area contributed by atoms with Gasteiger partial charge in [-0.15, -0.1) is 0 Å². The van der Waals surface area contributed by atoms with Gasteiger partial charge in [-0.05, 0) is 63.1 Å². The van der Waals surface area contributed by atoms with Crippen LogP contribution < -0.4 is 4.90 Å². The van der Waals surface area contributed by atoms with Gasteiger partial charge in [0.05, 0.1) is 0 Å². The van der Waals surface area contributed by atoms with E-state index in [1.165, 1.54) is 16.8 Å². The molecule has 1 spiro atoms. The number of aromatic nitrogens is 2. The van der Waals surface area contributed by atoms with Crippen molar-refractivity contribution < 1.29 is 14.4 Å². The molecule has 1 aliphatic carbocycles. The van der Waals surface area contributed by atoms with Crippen LogP contribution in [0.1, 0.15) is 58.6 Å². The lowest BCUT2D eigenvalue weighted by Gasteiger charge is -2.38. The molecule has 4 heterocycles. The number of hydrogen-bond acceptors (Lipinski definition) is 5. The first-order chi connectivity index (χ1) is 18.7. The highest BCUT2D eigenvalue weighted by molar-refractivity contribution is 5.94. The zero-order valence-electron chi connectivity index (χ0n) is 23.5. The Morgan fingerprint density at radius 3 is 2.41 bits per heavy atom. The molecule has 3 fully saturated rings. The van der Waals surface area contributed by atoms with Crippen LogP contribution >= 0.6 is 0 Å². The molecule has 39 heavy (non-hydrogen) atoms. The third kappa shape index (κ3) is 4.70. The van der Waals surface area contributed by atoms with Crippen molar-refractivity contribution in [2.24, 2.45) is 5.41 Å². The van der Waals surface area contributed by atoms with Crippen molar-refractivity contribution in [2.45, 2.75) is 58.9 Å². The molecule has 0 bridgehead atoms. The molecule has 9 heteroatoms. The molecule has 0 atom stereocenters. The number of fused-ring (bicyclic) bond motifs is 1. The van der Waals surface area contributed by atoms with Gasteiger partial charge in [-0.3, -0.25) is 19.1 Å². The SMILES string of the molecule is Cc1cccc(N2CCN(C(=O)Cn3nc(C(=O)N4CCC5(CC4)CC(=O)N(C)C5)c4c3CCC4)CC2)c1C. The first-order valence-electron chi connectivity index (χ1n) is 14.5. The Morgan fingerprint density at radius 1 is 0.974 bits per heavy atom. The number of benzene rings is 1. The highest BCUT2D eigenvalue weighted by atomic mass is 16.2. The topological polar surface area (TPSA) is 82.0 Å². The summed E-state index contributed by atoms with van der Waals surface area (Å²) in [6.45, 7) is 9.60. The molecule has 0 unspecified atom stereocenters. The average Bonchev–Trinajstić information content (AvgIpc) is 3.61. The molecule has 6 rings (SSSR count). The van der Waals surface area contributed by atoms with E-state index in [0.29, 0.717) is 38.3 Å². The van der Waals surface area contributed by atoms with E-state index in [0.717, 1.165) is 63.0 Å². The predicted octanol–water partition coefficient (Wildman–Crippen LogP) is 2.42. The minimum absolute atomic E-state index is 0.0123. The molecule has 0 saturated carbocycles. The smallest absolute Gasteiger partial charge is 0.274 e. The third-order valence-corrected chi connectivity index (χ3v) is 9.68. The predicted molar refractivity (Wildman–Crippen MR) is 149 cm³/mol. The van der Waals surface area contributed by atoms with Crippen LogP contribution in [0.5, 0.6) is 0 Å². The Hall–Kier alpha value is -3.36. The first kappa shape index (κ1) is 25.9. The van der Waals surface area contributed by atoms with Gasteiger partial charge in [0.15, 0.2) is 5.69 Å². The lowest BCUT2D eigenvalue weighted by atomic mass is 9.77. The van der Waals surface area contributed by atoms with Gasteiger partial charge in [-0.25, -0.2) is 0 Å². The quantitative estimate of drug-likeness (QED) is 0.604. The summed E-state index contributed by atoms with van der Waals surface area (Å²) < 4.78 is 1.81. The van der Waals surface area contributed by atoms with Crippen LogP contribution in [0.25, 0.3) is 0 Å². The van der Waals surface area contributed by atoms with Crippen molar-refractivity contribution in [3.8, 4) is 0 Å². The Labute approximate surface area is 230 Å². The molecule has 208 valence electrons. The fourth-order valence-corrected chi connectivity index (χ4v) is 7.09. The van der Waals surface area contributed by atoms with Gasteiger partial charge < -0.3 is 19.6 Å². The molecule has 0 radical (unpaired) electrons. The number of amides is 3. The summed E-state index contributed by atoms with van der Waals surface area (Å²) in [5.41, 5.74) is 6.47. The highest BCUT2D eigenvalue weighted by Crippen LogP contribution is 2.41. The van der Waals surface area contributed by atoms with E-state index in [1.807, 2.05) is 26.4 Å². The maximum Gasteiger partial charge on any atom is 0.274 e. The van der Waals surface area contributed by atoms with Crippen molar-refractivity contribution in [2.75, 3.05) is 57.8 Å². The van der Waals surface area contributed by atoms with Crippen LogP contribution in [-0.4, -0.2) is 95.1 Å². The number of piperidine rings is 1. The lowest BCUT2D eigenvalue weighted by molar-refractivity contribution is -0.132. The van der Waals surface area contributed by atoms with Gasteiger partial charge in [0.1, 0.15) is 6.54 Å². The van der Waals surface area contributed by atoms with Crippen LogP contribution in [0.4, 0.5) is 5.69 Å². The average molecular weight is 533 g/mol. The maximum atomic E-state index is 13.6. The molecule has 4 aliphatic rings.